The first-order chi connectivity index (χ1) is 17.5. The molecule has 0 aliphatic carbocycles. The van der Waals surface area contributed by atoms with E-state index in [4.69, 9.17) is 0 Å². The van der Waals surface area contributed by atoms with Crippen molar-refractivity contribution in [3.8, 4) is 11.3 Å². The van der Waals surface area contributed by atoms with Gasteiger partial charge in [0.25, 0.3) is 0 Å². The van der Waals surface area contributed by atoms with Gasteiger partial charge in [-0.25, -0.2) is 19.3 Å². The summed E-state index contributed by atoms with van der Waals surface area (Å²) in [4.78, 5) is 28.0. The minimum absolute atomic E-state index is 0.219. The second-order valence-corrected chi connectivity index (χ2v) is 9.16. The zero-order valence-electron chi connectivity index (χ0n) is 20.4. The number of anilines is 2. The van der Waals surface area contributed by atoms with Gasteiger partial charge in [0.2, 0.25) is 12.4 Å². The molecule has 1 unspecified atom stereocenters. The highest BCUT2D eigenvalue weighted by molar-refractivity contribution is 5.86. The summed E-state index contributed by atoms with van der Waals surface area (Å²) in [5.74, 6) is 0.664. The van der Waals surface area contributed by atoms with Gasteiger partial charge in [-0.15, -0.1) is 0 Å². The highest BCUT2D eigenvalue weighted by atomic mass is 19.1. The summed E-state index contributed by atoms with van der Waals surface area (Å²) in [6.45, 7) is 8.20. The molecule has 1 saturated heterocycles. The number of piperazine rings is 1. The number of aromatic amines is 1. The lowest BCUT2D eigenvalue weighted by molar-refractivity contribution is -0.119. The average molecular weight is 489 g/mol. The summed E-state index contributed by atoms with van der Waals surface area (Å²) >= 11 is 0. The largest absolute Gasteiger partial charge is 0.343 e. The number of benzene rings is 1. The SMILES string of the molecule is CCC(C)c1[nH]nc2ccc(-c3nc(Nc4ccc(CN5CCN(C=O)CC5)cn4)ncc3F)cc12. The molecule has 3 aromatic heterocycles. The second-order valence-electron chi connectivity index (χ2n) is 9.16. The molecule has 0 spiro atoms. The van der Waals surface area contributed by atoms with E-state index in [0.29, 0.717) is 17.3 Å². The lowest BCUT2D eigenvalue weighted by atomic mass is 9.99. The smallest absolute Gasteiger partial charge is 0.229 e. The molecule has 1 amide bonds. The predicted octanol–water partition coefficient (Wildman–Crippen LogP) is 4.09. The van der Waals surface area contributed by atoms with E-state index in [9.17, 15) is 9.18 Å². The van der Waals surface area contributed by atoms with E-state index in [0.717, 1.165) is 67.7 Å². The maximum absolute atomic E-state index is 14.7. The number of pyridine rings is 1. The first-order valence-corrected chi connectivity index (χ1v) is 12.2. The van der Waals surface area contributed by atoms with Crippen LogP contribution in [0.4, 0.5) is 16.2 Å². The lowest BCUT2D eigenvalue weighted by Gasteiger charge is -2.32. The Morgan fingerprint density at radius 1 is 1.14 bits per heavy atom. The number of amides is 1. The zero-order valence-corrected chi connectivity index (χ0v) is 20.4. The summed E-state index contributed by atoms with van der Waals surface area (Å²) in [5, 5.41) is 11.5. The molecule has 1 atom stereocenters. The Morgan fingerprint density at radius 2 is 1.97 bits per heavy atom. The summed E-state index contributed by atoms with van der Waals surface area (Å²) in [6, 6.07) is 9.48. The molecule has 1 aliphatic rings. The molecule has 36 heavy (non-hydrogen) atoms. The van der Waals surface area contributed by atoms with E-state index >= 15 is 0 Å². The van der Waals surface area contributed by atoms with E-state index in [1.165, 1.54) is 6.20 Å². The molecule has 5 rings (SSSR count). The van der Waals surface area contributed by atoms with Gasteiger partial charge in [-0.2, -0.15) is 5.10 Å². The molecule has 1 fully saturated rings. The fourth-order valence-electron chi connectivity index (χ4n) is 4.38. The third-order valence-corrected chi connectivity index (χ3v) is 6.73. The minimum Gasteiger partial charge on any atom is -0.343 e. The fourth-order valence-corrected chi connectivity index (χ4v) is 4.38. The topological polar surface area (TPSA) is 103 Å². The van der Waals surface area contributed by atoms with Gasteiger partial charge in [0.05, 0.1) is 11.7 Å². The molecule has 1 aliphatic heterocycles. The van der Waals surface area contributed by atoms with Crippen LogP contribution in [-0.2, 0) is 11.3 Å². The third-order valence-electron chi connectivity index (χ3n) is 6.73. The number of fused-ring (bicyclic) bond motifs is 1. The number of hydrogen-bond acceptors (Lipinski definition) is 7. The van der Waals surface area contributed by atoms with E-state index in [1.54, 1.807) is 4.90 Å². The predicted molar refractivity (Wildman–Crippen MR) is 136 cm³/mol. The highest BCUT2D eigenvalue weighted by Gasteiger charge is 2.17. The second kappa shape index (κ2) is 10.4. The molecule has 2 N–H and O–H groups in total. The molecule has 0 saturated carbocycles. The van der Waals surface area contributed by atoms with E-state index in [2.05, 4.69) is 49.2 Å². The quantitative estimate of drug-likeness (QED) is 0.360. The Labute approximate surface area is 208 Å². The lowest BCUT2D eigenvalue weighted by Crippen LogP contribution is -2.45. The number of hydrogen-bond donors (Lipinski definition) is 2. The van der Waals surface area contributed by atoms with Crippen LogP contribution in [-0.4, -0.2) is 67.5 Å². The van der Waals surface area contributed by atoms with Crippen molar-refractivity contribution < 1.29 is 9.18 Å². The molecule has 1 aromatic carbocycles. The Kier molecular flexibility index (Phi) is 6.86. The minimum atomic E-state index is -0.494. The molecular weight excluding hydrogens is 459 g/mol. The number of H-pyrrole nitrogens is 1. The van der Waals surface area contributed by atoms with Gasteiger partial charge in [-0.1, -0.05) is 26.0 Å². The van der Waals surface area contributed by atoms with Crippen molar-refractivity contribution >= 4 is 29.1 Å². The molecule has 186 valence electrons. The van der Waals surface area contributed by atoms with Crippen molar-refractivity contribution in [2.45, 2.75) is 32.7 Å². The molecule has 10 heteroatoms. The molecule has 9 nitrogen and oxygen atoms in total. The maximum Gasteiger partial charge on any atom is 0.229 e. The van der Waals surface area contributed by atoms with Crippen LogP contribution in [0.3, 0.4) is 0 Å². The van der Waals surface area contributed by atoms with Gasteiger partial charge in [0.1, 0.15) is 11.5 Å². The molecule has 0 radical (unpaired) electrons. The van der Waals surface area contributed by atoms with Crippen molar-refractivity contribution in [1.82, 2.24) is 34.9 Å². The molecular formula is C26H29FN8O. The normalized spacial score (nSPS) is 15.2. The number of nitrogens with zero attached hydrogens (tertiary/aromatic N) is 6. The highest BCUT2D eigenvalue weighted by Crippen LogP contribution is 2.30. The third kappa shape index (κ3) is 5.03. The van der Waals surface area contributed by atoms with Gasteiger partial charge in [0, 0.05) is 55.6 Å². The average Bonchev–Trinajstić information content (AvgIpc) is 3.34. The summed E-state index contributed by atoms with van der Waals surface area (Å²) < 4.78 is 14.7. The van der Waals surface area contributed by atoms with Gasteiger partial charge in [-0.05, 0) is 36.1 Å². The summed E-state index contributed by atoms with van der Waals surface area (Å²) in [7, 11) is 0. The van der Waals surface area contributed by atoms with Crippen molar-refractivity contribution in [3.63, 3.8) is 0 Å². The molecule has 4 heterocycles. The van der Waals surface area contributed by atoms with Crippen LogP contribution in [0.1, 0.15) is 37.4 Å². The zero-order chi connectivity index (χ0) is 25.1. The monoisotopic (exact) mass is 488 g/mol. The summed E-state index contributed by atoms with van der Waals surface area (Å²) in [5.41, 5.74) is 3.84. The van der Waals surface area contributed by atoms with E-state index in [-0.39, 0.29) is 11.6 Å². The number of carbonyl (C=O) groups is 1. The maximum atomic E-state index is 14.7. The van der Waals surface area contributed by atoms with Crippen molar-refractivity contribution in [3.05, 3.63) is 59.8 Å². The van der Waals surface area contributed by atoms with Crippen LogP contribution < -0.4 is 5.32 Å². The van der Waals surface area contributed by atoms with Crippen molar-refractivity contribution in [2.75, 3.05) is 31.5 Å². The van der Waals surface area contributed by atoms with Gasteiger partial charge >= 0.3 is 0 Å². The first-order valence-electron chi connectivity index (χ1n) is 12.2. The van der Waals surface area contributed by atoms with Crippen molar-refractivity contribution in [2.24, 2.45) is 0 Å². The number of halogens is 1. The number of aromatic nitrogens is 5. The number of rotatable bonds is 8. The van der Waals surface area contributed by atoms with Crippen LogP contribution in [0.5, 0.6) is 0 Å². The fraction of sp³-hybridized carbons (Fsp3) is 0.346. The van der Waals surface area contributed by atoms with E-state index < -0.39 is 5.82 Å². The van der Waals surface area contributed by atoms with Crippen LogP contribution in [0, 0.1) is 5.82 Å². The summed E-state index contributed by atoms with van der Waals surface area (Å²) in [6.07, 6.45) is 4.86. The Balaban J connectivity index is 1.31. The van der Waals surface area contributed by atoms with Crippen molar-refractivity contribution in [1.29, 1.82) is 0 Å². The van der Waals surface area contributed by atoms with Gasteiger partial charge in [0.15, 0.2) is 5.82 Å². The molecule has 4 aromatic rings. The Hall–Kier alpha value is -3.92. The van der Waals surface area contributed by atoms with E-state index in [1.807, 2.05) is 36.5 Å². The Bertz CT molecular complexity index is 1350. The molecule has 0 bridgehead atoms. The van der Waals surface area contributed by atoms with Gasteiger partial charge in [-0.3, -0.25) is 14.8 Å². The van der Waals surface area contributed by atoms with Crippen LogP contribution >= 0.6 is 0 Å². The van der Waals surface area contributed by atoms with Crippen LogP contribution in [0.2, 0.25) is 0 Å². The standard InChI is InChI=1S/C26H29FN8O/c1-3-17(2)24-20-12-19(5-6-22(20)32-33-24)25-21(27)14-29-26(31-25)30-23-7-4-18(13-28-23)15-34-8-10-35(16-36)11-9-34/h4-7,12-14,16-17H,3,8-11,15H2,1-2H3,(H,32,33)(H,28,29,30,31). The van der Waals surface area contributed by atoms with Crippen LogP contribution in [0.15, 0.2) is 42.7 Å². The van der Waals surface area contributed by atoms with Gasteiger partial charge < -0.3 is 10.2 Å². The number of nitrogens with one attached hydrogen (secondary N) is 2. The number of carbonyl (C=O) groups excluding carboxylic acids is 1. The first kappa shape index (κ1) is 23.8. The Morgan fingerprint density at radius 3 is 2.69 bits per heavy atom. The van der Waals surface area contributed by atoms with Crippen LogP contribution in [0.25, 0.3) is 22.2 Å².